The number of rotatable bonds is 5. The number of furan rings is 1. The Morgan fingerprint density at radius 3 is 2.56 bits per heavy atom. The lowest BCUT2D eigenvalue weighted by Gasteiger charge is -2.31. The monoisotopic (exact) mass is 506 g/mol. The van der Waals surface area contributed by atoms with Gasteiger partial charge in [0, 0.05) is 37.1 Å². The largest absolute Gasteiger partial charge is 0.494 e. The van der Waals surface area contributed by atoms with Crippen molar-refractivity contribution in [2.24, 2.45) is 0 Å². The minimum absolute atomic E-state index is 0.312. The SMILES string of the molecule is COc1cnc(N2CCC(c3coc4c(N5CCc6cc(S(C)(=O)=O)ccc65)ncnc34)CC2)nc1. The molecule has 1 saturated heterocycles. The molecule has 4 aromatic rings. The molecule has 0 amide bonds. The number of nitrogens with zero attached hydrogens (tertiary/aromatic N) is 6. The van der Waals surface area contributed by atoms with Gasteiger partial charge in [-0.2, -0.15) is 0 Å². The Bertz CT molecular complexity index is 1530. The fourth-order valence-corrected chi connectivity index (χ4v) is 5.81. The van der Waals surface area contributed by atoms with Crippen LogP contribution in [0.15, 0.2) is 52.5 Å². The number of benzene rings is 1. The van der Waals surface area contributed by atoms with Gasteiger partial charge in [0.25, 0.3) is 0 Å². The van der Waals surface area contributed by atoms with Gasteiger partial charge < -0.3 is 19.0 Å². The second-order valence-electron chi connectivity index (χ2n) is 9.21. The average Bonchev–Trinajstić information content (AvgIpc) is 3.52. The zero-order chi connectivity index (χ0) is 24.9. The van der Waals surface area contributed by atoms with E-state index < -0.39 is 9.84 Å². The van der Waals surface area contributed by atoms with Crippen LogP contribution in [0, 0.1) is 0 Å². The summed E-state index contributed by atoms with van der Waals surface area (Å²) in [5.41, 5.74) is 4.53. The number of aromatic nitrogens is 4. The molecule has 0 saturated carbocycles. The first-order valence-electron chi connectivity index (χ1n) is 11.9. The second kappa shape index (κ2) is 8.74. The number of ether oxygens (including phenoxy) is 1. The van der Waals surface area contributed by atoms with Crippen molar-refractivity contribution in [3.63, 3.8) is 0 Å². The third kappa shape index (κ3) is 3.93. The summed E-state index contributed by atoms with van der Waals surface area (Å²) in [7, 11) is -1.65. The number of anilines is 3. The van der Waals surface area contributed by atoms with Crippen LogP contribution in [-0.4, -0.2) is 61.4 Å². The zero-order valence-corrected chi connectivity index (χ0v) is 20.9. The van der Waals surface area contributed by atoms with Gasteiger partial charge in [0.05, 0.1) is 30.7 Å². The van der Waals surface area contributed by atoms with Crippen molar-refractivity contribution in [3.05, 3.63) is 54.3 Å². The standard InChI is InChI=1S/C25H26N6O4S/c1-34-18-12-26-25(27-13-18)30-8-5-16(6-9-30)20-14-35-23-22(20)28-15-29-24(23)31-10-7-17-11-19(36(2,32)33)3-4-21(17)31/h3-4,11-16H,5-10H2,1-2H3. The summed E-state index contributed by atoms with van der Waals surface area (Å²) in [5.74, 6) is 2.38. The number of hydrogen-bond donors (Lipinski definition) is 0. The zero-order valence-electron chi connectivity index (χ0n) is 20.1. The number of piperidine rings is 1. The van der Waals surface area contributed by atoms with E-state index >= 15 is 0 Å². The third-order valence-corrected chi connectivity index (χ3v) is 8.17. The van der Waals surface area contributed by atoms with Crippen LogP contribution in [0.25, 0.3) is 11.1 Å². The maximum Gasteiger partial charge on any atom is 0.225 e. The molecular weight excluding hydrogens is 480 g/mol. The number of fused-ring (bicyclic) bond motifs is 2. The van der Waals surface area contributed by atoms with Crippen LogP contribution in [0.2, 0.25) is 0 Å². The van der Waals surface area contributed by atoms with Crippen molar-refractivity contribution in [2.75, 3.05) is 42.8 Å². The fraction of sp³-hybridized carbons (Fsp3) is 0.360. The van der Waals surface area contributed by atoms with Gasteiger partial charge >= 0.3 is 0 Å². The van der Waals surface area contributed by atoms with E-state index in [4.69, 9.17) is 9.15 Å². The molecule has 2 aliphatic rings. The van der Waals surface area contributed by atoms with Gasteiger partial charge in [-0.1, -0.05) is 0 Å². The number of methoxy groups -OCH3 is 1. The maximum absolute atomic E-state index is 12.0. The molecule has 36 heavy (non-hydrogen) atoms. The smallest absolute Gasteiger partial charge is 0.225 e. The van der Waals surface area contributed by atoms with Crippen molar-refractivity contribution in [1.29, 1.82) is 0 Å². The summed E-state index contributed by atoms with van der Waals surface area (Å²) in [6, 6.07) is 5.27. The number of hydrogen-bond acceptors (Lipinski definition) is 10. The highest BCUT2D eigenvalue weighted by Gasteiger charge is 2.29. The molecule has 0 bridgehead atoms. The predicted octanol–water partition coefficient (Wildman–Crippen LogP) is 3.50. The van der Waals surface area contributed by atoms with E-state index in [0.717, 1.165) is 54.7 Å². The molecule has 1 fully saturated rings. The van der Waals surface area contributed by atoms with E-state index in [1.54, 1.807) is 38.0 Å². The van der Waals surface area contributed by atoms with Gasteiger partial charge in [0.15, 0.2) is 27.0 Å². The fourth-order valence-electron chi connectivity index (χ4n) is 5.14. The summed E-state index contributed by atoms with van der Waals surface area (Å²) in [5, 5.41) is 0. The molecule has 11 heteroatoms. The lowest BCUT2D eigenvalue weighted by Crippen LogP contribution is -2.34. The van der Waals surface area contributed by atoms with Gasteiger partial charge in [-0.3, -0.25) is 0 Å². The first-order chi connectivity index (χ1) is 17.4. The van der Waals surface area contributed by atoms with Crippen LogP contribution < -0.4 is 14.5 Å². The maximum atomic E-state index is 12.0. The van der Waals surface area contributed by atoms with Crippen molar-refractivity contribution < 1.29 is 17.6 Å². The van der Waals surface area contributed by atoms with Crippen LogP contribution >= 0.6 is 0 Å². The highest BCUT2D eigenvalue weighted by Crippen LogP contribution is 2.41. The van der Waals surface area contributed by atoms with Crippen molar-refractivity contribution in [2.45, 2.75) is 30.1 Å². The molecule has 0 aliphatic carbocycles. The summed E-state index contributed by atoms with van der Waals surface area (Å²) >= 11 is 0. The summed E-state index contributed by atoms with van der Waals surface area (Å²) in [6.45, 7) is 2.37. The Kier molecular flexibility index (Phi) is 5.51. The quantitative estimate of drug-likeness (QED) is 0.398. The van der Waals surface area contributed by atoms with Gasteiger partial charge in [0.2, 0.25) is 5.95 Å². The normalized spacial score (nSPS) is 16.5. The van der Waals surface area contributed by atoms with Crippen molar-refractivity contribution in [3.8, 4) is 5.75 Å². The Hall–Kier alpha value is -3.73. The highest BCUT2D eigenvalue weighted by atomic mass is 32.2. The minimum Gasteiger partial charge on any atom is -0.494 e. The predicted molar refractivity (Wildman–Crippen MR) is 135 cm³/mol. The molecule has 5 heterocycles. The second-order valence-corrected chi connectivity index (χ2v) is 11.2. The molecule has 3 aromatic heterocycles. The van der Waals surface area contributed by atoms with Crippen LogP contribution in [0.3, 0.4) is 0 Å². The van der Waals surface area contributed by atoms with E-state index in [2.05, 4.69) is 29.7 Å². The summed E-state index contributed by atoms with van der Waals surface area (Å²) in [6.07, 6.45) is 10.6. The van der Waals surface area contributed by atoms with Crippen molar-refractivity contribution in [1.82, 2.24) is 19.9 Å². The molecule has 1 aromatic carbocycles. The third-order valence-electron chi connectivity index (χ3n) is 7.06. The molecule has 6 rings (SSSR count). The molecule has 0 unspecified atom stereocenters. The lowest BCUT2D eigenvalue weighted by atomic mass is 9.90. The Balaban J connectivity index is 1.24. The molecule has 186 valence electrons. The van der Waals surface area contributed by atoms with Gasteiger partial charge in [0.1, 0.15) is 11.8 Å². The molecule has 2 aliphatic heterocycles. The van der Waals surface area contributed by atoms with Crippen LogP contribution in [-0.2, 0) is 16.3 Å². The van der Waals surface area contributed by atoms with E-state index in [0.29, 0.717) is 40.5 Å². The van der Waals surface area contributed by atoms with Gasteiger partial charge in [-0.15, -0.1) is 0 Å². The van der Waals surface area contributed by atoms with Crippen molar-refractivity contribution >= 4 is 38.4 Å². The highest BCUT2D eigenvalue weighted by molar-refractivity contribution is 7.90. The molecule has 10 nitrogen and oxygen atoms in total. The van der Waals surface area contributed by atoms with E-state index in [1.807, 2.05) is 12.3 Å². The molecule has 0 N–H and O–H groups in total. The number of sulfone groups is 1. The lowest BCUT2D eigenvalue weighted by molar-refractivity contribution is 0.410. The van der Waals surface area contributed by atoms with Crippen LogP contribution in [0.1, 0.15) is 29.9 Å². The van der Waals surface area contributed by atoms with Gasteiger partial charge in [-0.05, 0) is 48.9 Å². The molecule has 0 atom stereocenters. The van der Waals surface area contributed by atoms with E-state index in [9.17, 15) is 8.42 Å². The summed E-state index contributed by atoms with van der Waals surface area (Å²) < 4.78 is 35.2. The van der Waals surface area contributed by atoms with Crippen LogP contribution in [0.5, 0.6) is 5.75 Å². The average molecular weight is 507 g/mol. The summed E-state index contributed by atoms with van der Waals surface area (Å²) in [4.78, 5) is 22.6. The Labute approximate surface area is 208 Å². The van der Waals surface area contributed by atoms with Crippen LogP contribution in [0.4, 0.5) is 17.5 Å². The Morgan fingerprint density at radius 1 is 1.06 bits per heavy atom. The first kappa shape index (κ1) is 22.7. The van der Waals surface area contributed by atoms with Gasteiger partial charge in [-0.25, -0.2) is 28.4 Å². The topological polar surface area (TPSA) is 115 Å². The van der Waals surface area contributed by atoms with E-state index in [-0.39, 0.29) is 0 Å². The molecule has 0 spiro atoms. The minimum atomic E-state index is -3.25. The first-order valence-corrected chi connectivity index (χ1v) is 13.7. The van der Waals surface area contributed by atoms with E-state index in [1.165, 1.54) is 6.26 Å². The molecular formula is C25H26N6O4S. The Morgan fingerprint density at radius 2 is 1.83 bits per heavy atom. The molecule has 0 radical (unpaired) electrons.